The molecule has 0 spiro atoms. The number of rotatable bonds is 0. The van der Waals surface area contributed by atoms with Gasteiger partial charge in [-0.3, -0.25) is 0 Å². The molecule has 0 amide bonds. The van der Waals surface area contributed by atoms with Gasteiger partial charge >= 0.3 is 0 Å². The van der Waals surface area contributed by atoms with E-state index in [0.29, 0.717) is 5.25 Å². The molecule has 1 unspecified atom stereocenters. The summed E-state index contributed by atoms with van der Waals surface area (Å²) in [6.45, 7) is 0. The first kappa shape index (κ1) is 6.56. The second-order valence-electron chi connectivity index (χ2n) is 1.95. The summed E-state index contributed by atoms with van der Waals surface area (Å²) >= 11 is 8.47. The first-order valence-corrected chi connectivity index (χ1v) is 3.65. The van der Waals surface area contributed by atoms with Crippen molar-refractivity contribution in [3.8, 4) is 0 Å². The number of hydrogen-bond donors (Lipinski definition) is 2. The minimum Gasteiger partial charge on any atom is -0.172 e. The molecule has 0 N–H and O–H groups in total. The first-order chi connectivity index (χ1) is 3.79. The molecule has 0 aromatic carbocycles. The SMILES string of the molecule is SC1=CC(S)C[CH]C1. The van der Waals surface area contributed by atoms with Crippen LogP contribution in [0.5, 0.6) is 0 Å². The monoisotopic (exact) mass is 145 g/mol. The van der Waals surface area contributed by atoms with E-state index in [1.54, 1.807) is 0 Å². The predicted octanol–water partition coefficient (Wildman–Crippen LogP) is 2.10. The summed E-state index contributed by atoms with van der Waals surface area (Å²) in [7, 11) is 0. The van der Waals surface area contributed by atoms with Crippen LogP contribution < -0.4 is 0 Å². The Labute approximate surface area is 61.2 Å². The van der Waals surface area contributed by atoms with Gasteiger partial charge in [0.15, 0.2) is 0 Å². The molecule has 1 aliphatic carbocycles. The Morgan fingerprint density at radius 1 is 1.62 bits per heavy atom. The van der Waals surface area contributed by atoms with Crippen molar-refractivity contribution >= 4 is 25.3 Å². The lowest BCUT2D eigenvalue weighted by molar-refractivity contribution is 0.905. The smallest absolute Gasteiger partial charge is 0.0210 e. The largest absolute Gasteiger partial charge is 0.172 e. The van der Waals surface area contributed by atoms with E-state index in [9.17, 15) is 0 Å². The van der Waals surface area contributed by atoms with Crippen LogP contribution in [0.4, 0.5) is 0 Å². The highest BCUT2D eigenvalue weighted by Crippen LogP contribution is 2.22. The summed E-state index contributed by atoms with van der Waals surface area (Å²) < 4.78 is 0. The molecule has 0 heterocycles. The second-order valence-corrected chi connectivity index (χ2v) is 3.19. The van der Waals surface area contributed by atoms with E-state index < -0.39 is 0 Å². The highest BCUT2D eigenvalue weighted by atomic mass is 32.1. The normalized spacial score (nSPS) is 29.8. The Morgan fingerprint density at radius 3 is 2.75 bits per heavy atom. The Hall–Kier alpha value is 0.440. The van der Waals surface area contributed by atoms with Crippen LogP contribution in [0.15, 0.2) is 11.0 Å². The van der Waals surface area contributed by atoms with E-state index in [1.807, 2.05) is 0 Å². The first-order valence-electron chi connectivity index (χ1n) is 2.68. The van der Waals surface area contributed by atoms with Gasteiger partial charge in [-0.15, -0.1) is 12.6 Å². The van der Waals surface area contributed by atoms with Crippen LogP contribution in [0.1, 0.15) is 12.8 Å². The van der Waals surface area contributed by atoms with Crippen LogP contribution >= 0.6 is 25.3 Å². The maximum Gasteiger partial charge on any atom is 0.0210 e. The summed E-state index contributed by atoms with van der Waals surface area (Å²) in [4.78, 5) is 1.15. The molecular formula is C6H9S2. The number of allylic oxidation sites excluding steroid dienone is 1. The van der Waals surface area contributed by atoms with Gasteiger partial charge in [-0.25, -0.2) is 0 Å². The molecule has 0 nitrogen and oxygen atoms in total. The Morgan fingerprint density at radius 2 is 2.38 bits per heavy atom. The molecule has 0 aromatic rings. The van der Waals surface area contributed by atoms with Gasteiger partial charge in [0.1, 0.15) is 0 Å². The lowest BCUT2D eigenvalue weighted by Crippen LogP contribution is -2.00. The summed E-state index contributed by atoms with van der Waals surface area (Å²) in [5, 5.41) is 0.413. The van der Waals surface area contributed by atoms with E-state index in [1.165, 1.54) is 0 Å². The van der Waals surface area contributed by atoms with E-state index in [-0.39, 0.29) is 0 Å². The van der Waals surface area contributed by atoms with Crippen LogP contribution in [0, 0.1) is 6.42 Å². The molecule has 0 aliphatic heterocycles. The lowest BCUT2D eigenvalue weighted by Gasteiger charge is -2.11. The number of hydrogen-bond acceptors (Lipinski definition) is 2. The van der Waals surface area contributed by atoms with E-state index in [0.717, 1.165) is 17.7 Å². The molecule has 0 saturated heterocycles. The van der Waals surface area contributed by atoms with Crippen LogP contribution in [0.2, 0.25) is 0 Å². The highest BCUT2D eigenvalue weighted by Gasteiger charge is 2.06. The molecular weight excluding hydrogens is 136 g/mol. The van der Waals surface area contributed by atoms with Gasteiger partial charge in [-0.05, 0) is 24.2 Å². The van der Waals surface area contributed by atoms with Gasteiger partial charge in [0.05, 0.1) is 0 Å². The van der Waals surface area contributed by atoms with Crippen molar-refractivity contribution in [1.29, 1.82) is 0 Å². The fourth-order valence-corrected chi connectivity index (χ4v) is 1.52. The van der Waals surface area contributed by atoms with E-state index >= 15 is 0 Å². The predicted molar refractivity (Wildman–Crippen MR) is 43.4 cm³/mol. The van der Waals surface area contributed by atoms with Gasteiger partial charge in [0.25, 0.3) is 0 Å². The van der Waals surface area contributed by atoms with E-state index in [4.69, 9.17) is 0 Å². The number of thiol groups is 2. The molecule has 8 heavy (non-hydrogen) atoms. The molecule has 0 aromatic heterocycles. The molecule has 45 valence electrons. The van der Waals surface area contributed by atoms with Crippen LogP contribution in [-0.2, 0) is 0 Å². The lowest BCUT2D eigenvalue weighted by atomic mass is 10.1. The summed E-state index contributed by atoms with van der Waals surface area (Å²) in [6, 6.07) is 0. The third kappa shape index (κ3) is 1.75. The standard InChI is InChI=1S/C6H9S2/c7-5-2-1-3-6(8)4-5/h1,4-5,7-8H,2-3H2. The van der Waals surface area contributed by atoms with Crippen LogP contribution in [-0.4, -0.2) is 5.25 Å². The van der Waals surface area contributed by atoms with Gasteiger partial charge in [-0.2, -0.15) is 12.6 Å². The molecule has 2 heteroatoms. The molecule has 0 fully saturated rings. The Kier molecular flexibility index (Phi) is 2.32. The summed E-state index contributed by atoms with van der Waals surface area (Å²) in [5.41, 5.74) is 0. The zero-order valence-corrected chi connectivity index (χ0v) is 6.33. The zero-order valence-electron chi connectivity index (χ0n) is 4.54. The zero-order chi connectivity index (χ0) is 5.98. The van der Waals surface area contributed by atoms with Crippen LogP contribution in [0.25, 0.3) is 0 Å². The third-order valence-corrected chi connectivity index (χ3v) is 1.84. The van der Waals surface area contributed by atoms with Crippen LogP contribution in [0.3, 0.4) is 0 Å². The molecule has 0 bridgehead atoms. The average Bonchev–Trinajstić information content (AvgIpc) is 1.64. The molecule has 1 radical (unpaired) electrons. The third-order valence-electron chi connectivity index (χ3n) is 1.15. The van der Waals surface area contributed by atoms with E-state index in [2.05, 4.69) is 37.8 Å². The summed E-state index contributed by atoms with van der Waals surface area (Å²) in [6.07, 6.45) is 6.42. The van der Waals surface area contributed by atoms with Crippen molar-refractivity contribution in [3.05, 3.63) is 17.4 Å². The van der Waals surface area contributed by atoms with Crippen molar-refractivity contribution in [2.45, 2.75) is 18.1 Å². The highest BCUT2D eigenvalue weighted by molar-refractivity contribution is 7.84. The topological polar surface area (TPSA) is 0 Å². The fourth-order valence-electron chi connectivity index (χ4n) is 0.760. The molecule has 1 rings (SSSR count). The molecule has 0 saturated carbocycles. The van der Waals surface area contributed by atoms with Gasteiger partial charge in [0.2, 0.25) is 0 Å². The molecule has 1 aliphatic rings. The summed E-state index contributed by atoms with van der Waals surface area (Å²) in [5.74, 6) is 0. The second kappa shape index (κ2) is 2.83. The quantitative estimate of drug-likeness (QED) is 0.479. The average molecular weight is 145 g/mol. The Balaban J connectivity index is 2.50. The van der Waals surface area contributed by atoms with Crippen molar-refractivity contribution in [2.24, 2.45) is 0 Å². The fraction of sp³-hybridized carbons (Fsp3) is 0.500. The van der Waals surface area contributed by atoms with Gasteiger partial charge < -0.3 is 0 Å². The minimum absolute atomic E-state index is 0.413. The minimum atomic E-state index is 0.413. The molecule has 1 atom stereocenters. The van der Waals surface area contributed by atoms with Crippen molar-refractivity contribution in [3.63, 3.8) is 0 Å². The van der Waals surface area contributed by atoms with Gasteiger partial charge in [-0.1, -0.05) is 6.08 Å². The Bertz CT molecular complexity index is 107. The maximum absolute atomic E-state index is 4.26. The van der Waals surface area contributed by atoms with Gasteiger partial charge in [0, 0.05) is 5.25 Å². The maximum atomic E-state index is 4.26. The van der Waals surface area contributed by atoms with Crippen molar-refractivity contribution in [1.82, 2.24) is 0 Å². The van der Waals surface area contributed by atoms with Crippen molar-refractivity contribution < 1.29 is 0 Å². The van der Waals surface area contributed by atoms with Crippen molar-refractivity contribution in [2.75, 3.05) is 0 Å².